The van der Waals surface area contributed by atoms with Crippen LogP contribution in [0.1, 0.15) is 37.8 Å². The monoisotopic (exact) mass is 307 g/mol. The van der Waals surface area contributed by atoms with Crippen molar-refractivity contribution in [1.29, 1.82) is 0 Å². The van der Waals surface area contributed by atoms with Crippen molar-refractivity contribution in [2.24, 2.45) is 0 Å². The van der Waals surface area contributed by atoms with Gasteiger partial charge in [-0.2, -0.15) is 0 Å². The number of benzene rings is 2. The molecule has 2 aromatic carbocycles. The first-order chi connectivity index (χ1) is 11.3. The Labute approximate surface area is 139 Å². The fourth-order valence-electron chi connectivity index (χ4n) is 2.63. The summed E-state index contributed by atoms with van der Waals surface area (Å²) in [6.45, 7) is 5.81. The van der Waals surface area contributed by atoms with Gasteiger partial charge in [0.2, 0.25) is 0 Å². The second-order valence-corrected chi connectivity index (χ2v) is 5.63. The quantitative estimate of drug-likeness (QED) is 0.527. The maximum Gasteiger partial charge on any atom is 0.254 e. The molecular formula is C21H25NO. The van der Waals surface area contributed by atoms with E-state index in [0.717, 1.165) is 42.6 Å². The van der Waals surface area contributed by atoms with Crippen molar-refractivity contribution in [1.82, 2.24) is 4.90 Å². The van der Waals surface area contributed by atoms with E-state index in [0.29, 0.717) is 0 Å². The zero-order valence-corrected chi connectivity index (χ0v) is 14.0. The Morgan fingerprint density at radius 1 is 0.870 bits per heavy atom. The van der Waals surface area contributed by atoms with Crippen LogP contribution in [0.25, 0.3) is 11.6 Å². The van der Waals surface area contributed by atoms with Crippen molar-refractivity contribution >= 4 is 17.6 Å². The minimum atomic E-state index is 0.115. The van der Waals surface area contributed by atoms with Gasteiger partial charge in [-0.15, -0.1) is 0 Å². The van der Waals surface area contributed by atoms with E-state index in [1.807, 2.05) is 71.6 Å². The molecule has 0 bridgehead atoms. The standard InChI is InChI=1S/C21H25NO/c1-3-15-22(16-4-2)21(23)20(19-13-9-6-10-14-19)17-18-11-7-5-8-12-18/h5-14,17H,3-4,15-16H2,1-2H3. The third-order valence-electron chi connectivity index (χ3n) is 3.70. The van der Waals surface area contributed by atoms with Gasteiger partial charge in [0.1, 0.15) is 0 Å². The van der Waals surface area contributed by atoms with Crippen LogP contribution >= 0.6 is 0 Å². The van der Waals surface area contributed by atoms with Crippen LogP contribution in [0.4, 0.5) is 0 Å². The van der Waals surface area contributed by atoms with E-state index in [4.69, 9.17) is 0 Å². The highest BCUT2D eigenvalue weighted by Crippen LogP contribution is 2.21. The van der Waals surface area contributed by atoms with E-state index in [2.05, 4.69) is 13.8 Å². The maximum absolute atomic E-state index is 13.1. The molecule has 2 aromatic rings. The average Bonchev–Trinajstić information content (AvgIpc) is 2.60. The summed E-state index contributed by atoms with van der Waals surface area (Å²) in [6, 6.07) is 20.0. The number of carbonyl (C=O) groups is 1. The summed E-state index contributed by atoms with van der Waals surface area (Å²) in [4.78, 5) is 15.0. The second kappa shape index (κ2) is 8.94. The summed E-state index contributed by atoms with van der Waals surface area (Å²) < 4.78 is 0. The first-order valence-corrected chi connectivity index (χ1v) is 8.37. The topological polar surface area (TPSA) is 20.3 Å². The number of carbonyl (C=O) groups excluding carboxylic acids is 1. The molecule has 2 nitrogen and oxygen atoms in total. The summed E-state index contributed by atoms with van der Waals surface area (Å²) in [5, 5.41) is 0. The van der Waals surface area contributed by atoms with Gasteiger partial charge in [-0.25, -0.2) is 0 Å². The number of nitrogens with zero attached hydrogens (tertiary/aromatic N) is 1. The highest BCUT2D eigenvalue weighted by atomic mass is 16.2. The Balaban J connectivity index is 2.41. The van der Waals surface area contributed by atoms with Gasteiger partial charge in [-0.1, -0.05) is 74.5 Å². The summed E-state index contributed by atoms with van der Waals surface area (Å²) in [6.07, 6.45) is 3.94. The lowest BCUT2D eigenvalue weighted by Crippen LogP contribution is -2.33. The van der Waals surface area contributed by atoms with Gasteiger partial charge in [-0.3, -0.25) is 4.79 Å². The van der Waals surface area contributed by atoms with Crippen molar-refractivity contribution in [2.75, 3.05) is 13.1 Å². The predicted octanol–water partition coefficient (Wildman–Crippen LogP) is 4.88. The molecular weight excluding hydrogens is 282 g/mol. The molecule has 2 rings (SSSR count). The molecule has 0 N–H and O–H groups in total. The number of amides is 1. The molecule has 0 aliphatic rings. The smallest absolute Gasteiger partial charge is 0.254 e. The average molecular weight is 307 g/mol. The highest BCUT2D eigenvalue weighted by Gasteiger charge is 2.18. The Kier molecular flexibility index (Phi) is 6.61. The Morgan fingerprint density at radius 3 is 1.91 bits per heavy atom. The van der Waals surface area contributed by atoms with Gasteiger partial charge in [0.05, 0.1) is 0 Å². The lowest BCUT2D eigenvalue weighted by atomic mass is 10.0. The van der Waals surface area contributed by atoms with E-state index in [9.17, 15) is 4.79 Å². The largest absolute Gasteiger partial charge is 0.339 e. The molecule has 0 aliphatic carbocycles. The third-order valence-corrected chi connectivity index (χ3v) is 3.70. The fraction of sp³-hybridized carbons (Fsp3) is 0.286. The van der Waals surface area contributed by atoms with Crippen LogP contribution in [0, 0.1) is 0 Å². The summed E-state index contributed by atoms with van der Waals surface area (Å²) >= 11 is 0. The molecule has 0 atom stereocenters. The molecule has 23 heavy (non-hydrogen) atoms. The van der Waals surface area contributed by atoms with E-state index in [1.54, 1.807) is 0 Å². The number of rotatable bonds is 7. The van der Waals surface area contributed by atoms with E-state index in [-0.39, 0.29) is 5.91 Å². The molecule has 0 unspecified atom stereocenters. The van der Waals surface area contributed by atoms with Crippen LogP contribution in [0.15, 0.2) is 60.7 Å². The van der Waals surface area contributed by atoms with Crippen LogP contribution in [0.2, 0.25) is 0 Å². The van der Waals surface area contributed by atoms with E-state index in [1.165, 1.54) is 0 Å². The Morgan fingerprint density at radius 2 is 1.39 bits per heavy atom. The van der Waals surface area contributed by atoms with Crippen molar-refractivity contribution in [3.63, 3.8) is 0 Å². The summed E-state index contributed by atoms with van der Waals surface area (Å²) in [5.74, 6) is 0.115. The molecule has 0 aromatic heterocycles. The van der Waals surface area contributed by atoms with Gasteiger partial charge in [0, 0.05) is 18.7 Å². The van der Waals surface area contributed by atoms with Crippen LogP contribution in [-0.4, -0.2) is 23.9 Å². The third kappa shape index (κ3) is 4.82. The first-order valence-electron chi connectivity index (χ1n) is 8.37. The van der Waals surface area contributed by atoms with Crippen molar-refractivity contribution < 1.29 is 4.79 Å². The van der Waals surface area contributed by atoms with Gasteiger partial charge >= 0.3 is 0 Å². The molecule has 0 saturated heterocycles. The Hall–Kier alpha value is -2.35. The minimum absolute atomic E-state index is 0.115. The van der Waals surface area contributed by atoms with Crippen molar-refractivity contribution in [3.05, 3.63) is 71.8 Å². The van der Waals surface area contributed by atoms with Crippen LogP contribution < -0.4 is 0 Å². The highest BCUT2D eigenvalue weighted by molar-refractivity contribution is 6.24. The molecule has 0 spiro atoms. The molecule has 120 valence electrons. The number of hydrogen-bond donors (Lipinski definition) is 0. The molecule has 0 aliphatic heterocycles. The van der Waals surface area contributed by atoms with Crippen molar-refractivity contribution in [3.8, 4) is 0 Å². The lowest BCUT2D eigenvalue weighted by Gasteiger charge is -2.23. The normalized spacial score (nSPS) is 11.3. The summed E-state index contributed by atoms with van der Waals surface area (Å²) in [7, 11) is 0. The molecule has 2 heteroatoms. The second-order valence-electron chi connectivity index (χ2n) is 5.63. The predicted molar refractivity (Wildman–Crippen MR) is 97.9 cm³/mol. The fourth-order valence-corrected chi connectivity index (χ4v) is 2.63. The van der Waals surface area contributed by atoms with E-state index >= 15 is 0 Å². The van der Waals surface area contributed by atoms with Crippen LogP contribution in [0.3, 0.4) is 0 Å². The van der Waals surface area contributed by atoms with Crippen molar-refractivity contribution in [2.45, 2.75) is 26.7 Å². The summed E-state index contributed by atoms with van der Waals surface area (Å²) in [5.41, 5.74) is 2.78. The molecule has 0 saturated carbocycles. The first kappa shape index (κ1) is 17.0. The zero-order chi connectivity index (χ0) is 16.5. The molecule has 0 fully saturated rings. The van der Waals surface area contributed by atoms with Gasteiger partial charge in [0.15, 0.2) is 0 Å². The lowest BCUT2D eigenvalue weighted by molar-refractivity contribution is -0.125. The number of hydrogen-bond acceptors (Lipinski definition) is 1. The zero-order valence-electron chi connectivity index (χ0n) is 14.0. The molecule has 1 amide bonds. The molecule has 0 radical (unpaired) electrons. The maximum atomic E-state index is 13.1. The van der Waals surface area contributed by atoms with E-state index < -0.39 is 0 Å². The minimum Gasteiger partial charge on any atom is -0.339 e. The van der Waals surface area contributed by atoms with Gasteiger partial charge in [-0.05, 0) is 30.0 Å². The van der Waals surface area contributed by atoms with Gasteiger partial charge < -0.3 is 4.90 Å². The Bertz CT molecular complexity index is 625. The molecule has 0 heterocycles. The SMILES string of the molecule is CCCN(CCC)C(=O)C(=Cc1ccccc1)c1ccccc1. The van der Waals surface area contributed by atoms with Gasteiger partial charge in [0.25, 0.3) is 5.91 Å². The van der Waals surface area contributed by atoms with Crippen LogP contribution in [-0.2, 0) is 4.79 Å². The van der Waals surface area contributed by atoms with Crippen LogP contribution in [0.5, 0.6) is 0 Å².